The second-order valence-electron chi connectivity index (χ2n) is 3.02. The summed E-state index contributed by atoms with van der Waals surface area (Å²) in [5.41, 5.74) is 1.24. The van der Waals surface area contributed by atoms with Crippen molar-refractivity contribution in [3.05, 3.63) is 47.7 Å². The van der Waals surface area contributed by atoms with Crippen molar-refractivity contribution < 1.29 is 14.0 Å². The summed E-state index contributed by atoms with van der Waals surface area (Å²) in [6.45, 7) is 0. The van der Waals surface area contributed by atoms with E-state index in [9.17, 15) is 9.59 Å². The lowest BCUT2D eigenvalue weighted by atomic mass is 10.1. The fraction of sp³-hybridized carbons (Fsp3) is 0. The molecule has 0 bridgehead atoms. The molecule has 0 saturated carbocycles. The summed E-state index contributed by atoms with van der Waals surface area (Å²) in [6.07, 6.45) is 1.39. The van der Waals surface area contributed by atoms with Crippen molar-refractivity contribution >= 4 is 12.6 Å². The van der Waals surface area contributed by atoms with E-state index in [2.05, 4.69) is 0 Å². The Morgan fingerprint density at radius 1 is 0.933 bits per heavy atom. The molecule has 2 rings (SSSR count). The lowest BCUT2D eigenvalue weighted by molar-refractivity contribution is 0.110. The van der Waals surface area contributed by atoms with Gasteiger partial charge in [-0.25, -0.2) is 0 Å². The van der Waals surface area contributed by atoms with Gasteiger partial charge in [-0.05, 0) is 12.1 Å². The Balaban J connectivity index is 2.52. The molecule has 1 aromatic carbocycles. The van der Waals surface area contributed by atoms with Crippen LogP contribution in [0.2, 0.25) is 0 Å². The Bertz CT molecular complexity index is 497. The van der Waals surface area contributed by atoms with Gasteiger partial charge in [0.05, 0.1) is 0 Å². The van der Waals surface area contributed by atoms with E-state index in [1.54, 1.807) is 30.3 Å². The maximum Gasteiger partial charge on any atom is 0.185 e. The van der Waals surface area contributed by atoms with Crippen LogP contribution in [0.1, 0.15) is 20.9 Å². The molecule has 0 atom stereocenters. The highest BCUT2D eigenvalue weighted by molar-refractivity contribution is 5.86. The highest BCUT2D eigenvalue weighted by Gasteiger charge is 2.07. The second-order valence-corrected chi connectivity index (χ2v) is 3.02. The van der Waals surface area contributed by atoms with E-state index in [4.69, 9.17) is 4.42 Å². The Morgan fingerprint density at radius 3 is 2.40 bits per heavy atom. The van der Waals surface area contributed by atoms with Gasteiger partial charge in [-0.2, -0.15) is 0 Å². The van der Waals surface area contributed by atoms with Gasteiger partial charge in [-0.3, -0.25) is 9.59 Å². The largest absolute Gasteiger partial charge is 0.453 e. The van der Waals surface area contributed by atoms with Crippen molar-refractivity contribution in [2.24, 2.45) is 0 Å². The molecule has 0 radical (unpaired) electrons. The molecule has 0 amide bonds. The van der Waals surface area contributed by atoms with Crippen LogP contribution in [-0.2, 0) is 0 Å². The van der Waals surface area contributed by atoms with Gasteiger partial charge in [0.1, 0.15) is 5.76 Å². The van der Waals surface area contributed by atoms with E-state index in [0.29, 0.717) is 23.2 Å². The van der Waals surface area contributed by atoms with Crippen LogP contribution >= 0.6 is 0 Å². The third kappa shape index (κ3) is 1.72. The van der Waals surface area contributed by atoms with Crippen LogP contribution in [0.15, 0.2) is 40.8 Å². The van der Waals surface area contributed by atoms with E-state index < -0.39 is 0 Å². The lowest BCUT2D eigenvalue weighted by Crippen LogP contribution is -1.84. The fourth-order valence-electron chi connectivity index (χ4n) is 1.39. The molecule has 1 aromatic heterocycles. The first-order valence-electron chi connectivity index (χ1n) is 4.45. The molecular formula is C12H8O3. The van der Waals surface area contributed by atoms with Crippen molar-refractivity contribution in [1.82, 2.24) is 0 Å². The van der Waals surface area contributed by atoms with Gasteiger partial charge in [-0.1, -0.05) is 24.3 Å². The molecule has 0 N–H and O–H groups in total. The van der Waals surface area contributed by atoms with Gasteiger partial charge < -0.3 is 4.42 Å². The predicted molar refractivity (Wildman–Crippen MR) is 54.9 cm³/mol. The summed E-state index contributed by atoms with van der Waals surface area (Å²) in [6, 6.07) is 10.3. The van der Waals surface area contributed by atoms with Gasteiger partial charge >= 0.3 is 0 Å². The van der Waals surface area contributed by atoms with E-state index in [1.807, 2.05) is 6.07 Å². The van der Waals surface area contributed by atoms with Crippen LogP contribution in [0.25, 0.3) is 11.3 Å². The molecule has 0 aliphatic heterocycles. The average molecular weight is 200 g/mol. The molecule has 0 aliphatic carbocycles. The summed E-state index contributed by atoms with van der Waals surface area (Å²) in [7, 11) is 0. The van der Waals surface area contributed by atoms with Gasteiger partial charge in [0.15, 0.2) is 18.3 Å². The first-order chi connectivity index (χ1) is 7.35. The first-order valence-corrected chi connectivity index (χ1v) is 4.45. The molecule has 0 unspecified atom stereocenters. The number of hydrogen-bond acceptors (Lipinski definition) is 3. The molecule has 0 spiro atoms. The van der Waals surface area contributed by atoms with Crippen LogP contribution in [0.3, 0.4) is 0 Å². The Kier molecular flexibility index (Phi) is 2.46. The zero-order chi connectivity index (χ0) is 10.7. The monoisotopic (exact) mass is 200 g/mol. The van der Waals surface area contributed by atoms with Gasteiger partial charge in [0, 0.05) is 11.1 Å². The van der Waals surface area contributed by atoms with E-state index in [1.165, 1.54) is 0 Å². The SMILES string of the molecule is O=Cc1ccc(-c2ccccc2C=O)o1. The molecular weight excluding hydrogens is 192 g/mol. The predicted octanol–water partition coefficient (Wildman–Crippen LogP) is 2.57. The van der Waals surface area contributed by atoms with Crippen LogP contribution in [0, 0.1) is 0 Å². The zero-order valence-electron chi connectivity index (χ0n) is 7.84. The molecule has 2 aromatic rings. The fourth-order valence-corrected chi connectivity index (χ4v) is 1.39. The van der Waals surface area contributed by atoms with Crippen molar-refractivity contribution in [3.63, 3.8) is 0 Å². The zero-order valence-corrected chi connectivity index (χ0v) is 7.84. The van der Waals surface area contributed by atoms with E-state index in [-0.39, 0.29) is 5.76 Å². The number of furan rings is 1. The molecule has 3 heteroatoms. The number of rotatable bonds is 3. The summed E-state index contributed by atoms with van der Waals surface area (Å²) in [5, 5.41) is 0. The quantitative estimate of drug-likeness (QED) is 0.715. The summed E-state index contributed by atoms with van der Waals surface area (Å²) in [5.74, 6) is 0.783. The number of carbonyl (C=O) groups is 2. The van der Waals surface area contributed by atoms with E-state index >= 15 is 0 Å². The van der Waals surface area contributed by atoms with Gasteiger partial charge in [0.2, 0.25) is 0 Å². The minimum Gasteiger partial charge on any atom is -0.453 e. The van der Waals surface area contributed by atoms with Crippen LogP contribution in [-0.4, -0.2) is 12.6 Å². The van der Waals surface area contributed by atoms with Gasteiger partial charge in [0.25, 0.3) is 0 Å². The molecule has 3 nitrogen and oxygen atoms in total. The van der Waals surface area contributed by atoms with Crippen LogP contribution in [0.4, 0.5) is 0 Å². The average Bonchev–Trinajstić information content (AvgIpc) is 2.77. The second kappa shape index (κ2) is 3.92. The molecule has 74 valence electrons. The van der Waals surface area contributed by atoms with Crippen LogP contribution < -0.4 is 0 Å². The highest BCUT2D eigenvalue weighted by atomic mass is 16.3. The number of carbonyl (C=O) groups excluding carboxylic acids is 2. The number of benzene rings is 1. The van der Waals surface area contributed by atoms with Crippen LogP contribution in [0.5, 0.6) is 0 Å². The summed E-state index contributed by atoms with van der Waals surface area (Å²) < 4.78 is 5.23. The molecule has 0 aliphatic rings. The maximum atomic E-state index is 10.8. The van der Waals surface area contributed by atoms with Crippen molar-refractivity contribution in [2.75, 3.05) is 0 Å². The molecule has 1 heterocycles. The van der Waals surface area contributed by atoms with Gasteiger partial charge in [-0.15, -0.1) is 0 Å². The van der Waals surface area contributed by atoms with Crippen molar-refractivity contribution in [3.8, 4) is 11.3 Å². The molecule has 15 heavy (non-hydrogen) atoms. The Labute approximate surface area is 86.3 Å². The first kappa shape index (κ1) is 9.40. The number of hydrogen-bond donors (Lipinski definition) is 0. The number of aldehydes is 2. The summed E-state index contributed by atoms with van der Waals surface area (Å²) >= 11 is 0. The van der Waals surface area contributed by atoms with Crippen molar-refractivity contribution in [2.45, 2.75) is 0 Å². The third-order valence-electron chi connectivity index (χ3n) is 2.10. The molecule has 0 saturated heterocycles. The minimum absolute atomic E-state index is 0.255. The topological polar surface area (TPSA) is 47.3 Å². The standard InChI is InChI=1S/C12H8O3/c13-7-9-3-1-2-4-11(9)12-6-5-10(8-14)15-12/h1-8H. The third-order valence-corrected chi connectivity index (χ3v) is 2.10. The van der Waals surface area contributed by atoms with Crippen molar-refractivity contribution in [1.29, 1.82) is 0 Å². The smallest absolute Gasteiger partial charge is 0.185 e. The normalized spacial score (nSPS) is 9.87. The lowest BCUT2D eigenvalue weighted by Gasteiger charge is -1.99. The maximum absolute atomic E-state index is 10.8. The Morgan fingerprint density at radius 2 is 1.73 bits per heavy atom. The highest BCUT2D eigenvalue weighted by Crippen LogP contribution is 2.24. The summed E-state index contributed by atoms with van der Waals surface area (Å²) in [4.78, 5) is 21.2. The Hall–Kier alpha value is -2.16. The van der Waals surface area contributed by atoms with E-state index in [0.717, 1.165) is 6.29 Å². The molecule has 0 fully saturated rings. The minimum atomic E-state index is 0.255.